The molecule has 1 unspecified atom stereocenters. The van der Waals surface area contributed by atoms with Gasteiger partial charge in [0.15, 0.2) is 0 Å². The molecule has 0 saturated carbocycles. The van der Waals surface area contributed by atoms with Crippen LogP contribution in [0.1, 0.15) is 13.8 Å². The second-order valence-electron chi connectivity index (χ2n) is 3.17. The third kappa shape index (κ3) is 2.95. The number of aromatic hydroxyl groups is 1. The van der Waals surface area contributed by atoms with Crippen molar-refractivity contribution in [2.24, 2.45) is 0 Å². The zero-order valence-corrected chi connectivity index (χ0v) is 8.69. The van der Waals surface area contributed by atoms with Crippen molar-refractivity contribution in [3.63, 3.8) is 0 Å². The van der Waals surface area contributed by atoms with Crippen molar-refractivity contribution in [2.75, 3.05) is 6.61 Å². The Labute approximate surface area is 86.1 Å². The maximum absolute atomic E-state index is 11.3. The normalized spacial score (nSPS) is 12.7. The van der Waals surface area contributed by atoms with Crippen LogP contribution in [0.15, 0.2) is 15.7 Å². The van der Waals surface area contributed by atoms with Crippen LogP contribution in [-0.2, 0) is 11.3 Å². The molecule has 15 heavy (non-hydrogen) atoms. The smallest absolute Gasteiger partial charge is 0.331 e. The number of rotatable bonds is 4. The molecule has 0 radical (unpaired) electrons. The number of aromatic amines is 1. The van der Waals surface area contributed by atoms with Crippen LogP contribution in [0.5, 0.6) is 5.88 Å². The van der Waals surface area contributed by atoms with E-state index in [2.05, 4.69) is 4.98 Å². The number of hydrogen-bond acceptors (Lipinski definition) is 4. The molecule has 1 aromatic heterocycles. The molecule has 1 heterocycles. The monoisotopic (exact) mass is 214 g/mol. The minimum absolute atomic E-state index is 0.204. The van der Waals surface area contributed by atoms with E-state index >= 15 is 0 Å². The fourth-order valence-corrected chi connectivity index (χ4v) is 1.28. The molecule has 1 atom stereocenters. The summed E-state index contributed by atoms with van der Waals surface area (Å²) in [4.78, 5) is 24.2. The summed E-state index contributed by atoms with van der Waals surface area (Å²) in [6.07, 6.45) is -0.204. The van der Waals surface area contributed by atoms with Gasteiger partial charge in [0.05, 0.1) is 18.7 Å². The Morgan fingerprint density at radius 2 is 2.27 bits per heavy atom. The minimum atomic E-state index is -0.633. The lowest BCUT2D eigenvalue weighted by atomic mass is 10.4. The number of nitrogens with one attached hydrogen (secondary N) is 1. The van der Waals surface area contributed by atoms with Gasteiger partial charge in [0.25, 0.3) is 5.56 Å². The first kappa shape index (κ1) is 11.5. The number of H-pyrrole nitrogens is 1. The molecule has 1 aromatic rings. The van der Waals surface area contributed by atoms with E-state index < -0.39 is 11.2 Å². The van der Waals surface area contributed by atoms with E-state index in [1.165, 1.54) is 0 Å². The fraction of sp³-hybridized carbons (Fsp3) is 0.556. The molecular weight excluding hydrogens is 200 g/mol. The van der Waals surface area contributed by atoms with E-state index in [9.17, 15) is 14.7 Å². The summed E-state index contributed by atoms with van der Waals surface area (Å²) in [5.74, 6) is -0.352. The molecule has 6 nitrogen and oxygen atoms in total. The molecule has 0 amide bonds. The van der Waals surface area contributed by atoms with Gasteiger partial charge >= 0.3 is 5.69 Å². The summed E-state index contributed by atoms with van der Waals surface area (Å²) in [6, 6.07) is 0.958. The molecule has 0 saturated heterocycles. The van der Waals surface area contributed by atoms with Gasteiger partial charge in [-0.25, -0.2) is 4.79 Å². The maximum atomic E-state index is 11.3. The van der Waals surface area contributed by atoms with E-state index in [0.717, 1.165) is 10.6 Å². The van der Waals surface area contributed by atoms with Gasteiger partial charge < -0.3 is 9.84 Å². The van der Waals surface area contributed by atoms with Gasteiger partial charge in [-0.3, -0.25) is 14.3 Å². The summed E-state index contributed by atoms with van der Waals surface area (Å²) < 4.78 is 6.28. The first-order valence-electron chi connectivity index (χ1n) is 4.69. The molecular formula is C9H14N2O4. The molecule has 1 rings (SSSR count). The van der Waals surface area contributed by atoms with Crippen molar-refractivity contribution >= 4 is 0 Å². The van der Waals surface area contributed by atoms with E-state index in [0.29, 0.717) is 6.61 Å². The average molecular weight is 214 g/mol. The Balaban J connectivity index is 2.95. The van der Waals surface area contributed by atoms with E-state index in [1.807, 2.05) is 6.92 Å². The van der Waals surface area contributed by atoms with Crippen LogP contribution in [0.2, 0.25) is 0 Å². The molecule has 0 bridgehead atoms. The SMILES string of the molecule is CCOC(C)Cn1c(O)cc(=O)[nH]c1=O. The summed E-state index contributed by atoms with van der Waals surface area (Å²) >= 11 is 0. The Morgan fingerprint density at radius 3 is 2.80 bits per heavy atom. The zero-order valence-electron chi connectivity index (χ0n) is 8.69. The van der Waals surface area contributed by atoms with E-state index in [1.54, 1.807) is 6.92 Å². The molecule has 6 heteroatoms. The number of aromatic nitrogens is 2. The van der Waals surface area contributed by atoms with Gasteiger partial charge in [0.1, 0.15) is 0 Å². The van der Waals surface area contributed by atoms with E-state index in [-0.39, 0.29) is 18.5 Å². The number of nitrogens with zero attached hydrogens (tertiary/aromatic N) is 1. The highest BCUT2D eigenvalue weighted by molar-refractivity contribution is 5.05. The summed E-state index contributed by atoms with van der Waals surface area (Å²) in [6.45, 7) is 4.35. The maximum Gasteiger partial charge on any atom is 0.331 e. The van der Waals surface area contributed by atoms with Crippen LogP contribution in [0.25, 0.3) is 0 Å². The predicted octanol–water partition coefficient (Wildman–Crippen LogP) is -0.333. The van der Waals surface area contributed by atoms with Gasteiger partial charge in [0, 0.05) is 6.61 Å². The highest BCUT2D eigenvalue weighted by Crippen LogP contribution is 2.03. The Hall–Kier alpha value is -1.56. The molecule has 0 aromatic carbocycles. The molecule has 0 aliphatic carbocycles. The third-order valence-electron chi connectivity index (χ3n) is 1.90. The average Bonchev–Trinajstić information content (AvgIpc) is 2.11. The predicted molar refractivity (Wildman–Crippen MR) is 54.1 cm³/mol. The lowest BCUT2D eigenvalue weighted by Crippen LogP contribution is -2.32. The van der Waals surface area contributed by atoms with Crippen molar-refractivity contribution in [3.8, 4) is 5.88 Å². The zero-order chi connectivity index (χ0) is 11.4. The van der Waals surface area contributed by atoms with Crippen LogP contribution in [0, 0.1) is 0 Å². The minimum Gasteiger partial charge on any atom is -0.494 e. The van der Waals surface area contributed by atoms with Crippen LogP contribution in [-0.4, -0.2) is 27.4 Å². The summed E-state index contributed by atoms with van der Waals surface area (Å²) in [7, 11) is 0. The highest BCUT2D eigenvalue weighted by atomic mass is 16.5. The molecule has 0 aliphatic heterocycles. The van der Waals surface area contributed by atoms with Crippen LogP contribution >= 0.6 is 0 Å². The van der Waals surface area contributed by atoms with Gasteiger partial charge in [-0.1, -0.05) is 0 Å². The van der Waals surface area contributed by atoms with Crippen molar-refractivity contribution in [3.05, 3.63) is 26.9 Å². The van der Waals surface area contributed by atoms with Crippen molar-refractivity contribution in [1.82, 2.24) is 9.55 Å². The van der Waals surface area contributed by atoms with Crippen molar-refractivity contribution < 1.29 is 9.84 Å². The molecule has 84 valence electrons. The van der Waals surface area contributed by atoms with Crippen molar-refractivity contribution in [2.45, 2.75) is 26.5 Å². The van der Waals surface area contributed by atoms with Crippen LogP contribution in [0.3, 0.4) is 0 Å². The van der Waals surface area contributed by atoms with Crippen molar-refractivity contribution in [1.29, 1.82) is 0 Å². The highest BCUT2D eigenvalue weighted by Gasteiger charge is 2.08. The Kier molecular flexibility index (Phi) is 3.68. The second-order valence-corrected chi connectivity index (χ2v) is 3.17. The lowest BCUT2D eigenvalue weighted by Gasteiger charge is -2.13. The first-order valence-corrected chi connectivity index (χ1v) is 4.69. The van der Waals surface area contributed by atoms with E-state index in [4.69, 9.17) is 4.74 Å². The van der Waals surface area contributed by atoms with Crippen LogP contribution < -0.4 is 11.2 Å². The van der Waals surface area contributed by atoms with Gasteiger partial charge in [-0.2, -0.15) is 0 Å². The van der Waals surface area contributed by atoms with Gasteiger partial charge in [-0.15, -0.1) is 0 Å². The molecule has 0 spiro atoms. The molecule has 0 fully saturated rings. The second kappa shape index (κ2) is 4.79. The summed E-state index contributed by atoms with van der Waals surface area (Å²) in [5, 5.41) is 9.38. The fourth-order valence-electron chi connectivity index (χ4n) is 1.28. The molecule has 0 aliphatic rings. The largest absolute Gasteiger partial charge is 0.494 e. The first-order chi connectivity index (χ1) is 7.04. The van der Waals surface area contributed by atoms with Gasteiger partial charge in [0.2, 0.25) is 5.88 Å². The Morgan fingerprint density at radius 1 is 1.60 bits per heavy atom. The number of hydrogen-bond donors (Lipinski definition) is 2. The lowest BCUT2D eigenvalue weighted by molar-refractivity contribution is 0.0611. The standard InChI is InChI=1S/C9H14N2O4/c1-3-15-6(2)5-11-8(13)4-7(12)10-9(11)14/h4,6,13H,3,5H2,1-2H3,(H,10,12,14). The summed E-state index contributed by atoms with van der Waals surface area (Å²) in [5.41, 5.74) is -1.25. The molecule has 2 N–H and O–H groups in total. The topological polar surface area (TPSA) is 84.3 Å². The Bertz CT molecular complexity index is 434. The van der Waals surface area contributed by atoms with Gasteiger partial charge in [-0.05, 0) is 13.8 Å². The third-order valence-corrected chi connectivity index (χ3v) is 1.90. The quantitative estimate of drug-likeness (QED) is 0.718. The number of ether oxygens (including phenoxy) is 1. The van der Waals surface area contributed by atoms with Crippen LogP contribution in [0.4, 0.5) is 0 Å².